The Morgan fingerprint density at radius 2 is 1.88 bits per heavy atom. The van der Waals surface area contributed by atoms with Gasteiger partial charge in [-0.05, 0) is 36.4 Å². The molecule has 3 aromatic rings. The second kappa shape index (κ2) is 7.18. The molecule has 1 aromatic heterocycles. The molecule has 0 saturated carbocycles. The molecule has 24 heavy (non-hydrogen) atoms. The molecule has 0 radical (unpaired) electrons. The second-order valence-corrected chi connectivity index (χ2v) is 5.81. The number of hydrogen-bond acceptors (Lipinski definition) is 5. The molecule has 0 unspecified atom stereocenters. The third-order valence-corrected chi connectivity index (χ3v) is 3.76. The van der Waals surface area contributed by atoms with Crippen molar-refractivity contribution < 1.29 is 14.3 Å². The summed E-state index contributed by atoms with van der Waals surface area (Å²) in [6.45, 7) is -0.305. The van der Waals surface area contributed by atoms with Crippen LogP contribution in [-0.4, -0.2) is 33.1 Å². The molecule has 0 spiro atoms. The number of nitrogens with zero attached hydrogens (tertiary/aromatic N) is 3. The summed E-state index contributed by atoms with van der Waals surface area (Å²) < 4.78 is 7.45. The van der Waals surface area contributed by atoms with Gasteiger partial charge in [0.25, 0.3) is 0 Å². The van der Waals surface area contributed by atoms with Gasteiger partial charge < -0.3 is 4.74 Å². The van der Waals surface area contributed by atoms with E-state index in [4.69, 9.17) is 4.74 Å². The van der Waals surface area contributed by atoms with E-state index < -0.39 is 5.97 Å². The molecule has 2 aromatic carbocycles. The first-order chi connectivity index (χ1) is 11.6. The zero-order valence-electron chi connectivity index (χ0n) is 12.4. The monoisotopic (exact) mass is 385 g/mol. The lowest BCUT2D eigenvalue weighted by molar-refractivity contribution is 0.0475. The molecule has 1 heterocycles. The zero-order chi connectivity index (χ0) is 16.9. The largest absolute Gasteiger partial charge is 0.454 e. The molecule has 3 rings (SSSR count). The first kappa shape index (κ1) is 16.1. The molecule has 7 heteroatoms. The van der Waals surface area contributed by atoms with E-state index in [1.165, 1.54) is 6.33 Å². The van der Waals surface area contributed by atoms with E-state index in [0.717, 1.165) is 10.2 Å². The summed E-state index contributed by atoms with van der Waals surface area (Å²) >= 11 is 3.30. The number of rotatable bonds is 5. The molecule has 0 saturated heterocycles. The molecular formula is C17H12BrN3O3. The summed E-state index contributed by atoms with van der Waals surface area (Å²) in [6, 6.07) is 13.6. The van der Waals surface area contributed by atoms with Crippen molar-refractivity contribution in [1.29, 1.82) is 0 Å². The summed E-state index contributed by atoms with van der Waals surface area (Å²) in [4.78, 5) is 27.9. The summed E-state index contributed by atoms with van der Waals surface area (Å²) in [5.74, 6) is -0.813. The van der Waals surface area contributed by atoms with E-state index in [0.29, 0.717) is 11.1 Å². The molecule has 0 aliphatic carbocycles. The zero-order valence-corrected chi connectivity index (χ0v) is 14.0. The fourth-order valence-corrected chi connectivity index (χ4v) is 2.45. The minimum atomic E-state index is -0.552. The number of carbonyl (C=O) groups is 2. The third-order valence-electron chi connectivity index (χ3n) is 3.27. The van der Waals surface area contributed by atoms with Crippen LogP contribution in [0.25, 0.3) is 5.69 Å². The van der Waals surface area contributed by atoms with Crippen molar-refractivity contribution in [3.8, 4) is 5.69 Å². The van der Waals surface area contributed by atoms with E-state index in [1.54, 1.807) is 53.5 Å². The standard InChI is InChI=1S/C17H12BrN3O3/c18-14-3-1-2-13(8-14)16(22)9-24-17(23)12-4-6-15(7-5-12)21-11-19-10-20-21/h1-8,10-11H,9H2. The predicted octanol–water partition coefficient (Wildman–Crippen LogP) is 3.07. The average molecular weight is 386 g/mol. The Hall–Kier alpha value is -2.80. The van der Waals surface area contributed by atoms with E-state index in [-0.39, 0.29) is 12.4 Å². The van der Waals surface area contributed by atoms with Crippen molar-refractivity contribution in [3.05, 3.63) is 76.8 Å². The lowest BCUT2D eigenvalue weighted by Crippen LogP contribution is -2.14. The maximum Gasteiger partial charge on any atom is 0.338 e. The number of ether oxygens (including phenoxy) is 1. The highest BCUT2D eigenvalue weighted by molar-refractivity contribution is 9.10. The van der Waals surface area contributed by atoms with Crippen molar-refractivity contribution in [2.45, 2.75) is 0 Å². The summed E-state index contributed by atoms with van der Waals surface area (Å²) in [6.07, 6.45) is 2.99. The number of halogens is 1. The Kier molecular flexibility index (Phi) is 4.81. The molecule has 0 N–H and O–H groups in total. The fourth-order valence-electron chi connectivity index (χ4n) is 2.05. The highest BCUT2D eigenvalue weighted by Crippen LogP contribution is 2.13. The Labute approximate surface area is 146 Å². The molecule has 0 fully saturated rings. The van der Waals surface area contributed by atoms with Crippen LogP contribution < -0.4 is 0 Å². The van der Waals surface area contributed by atoms with Crippen LogP contribution in [0, 0.1) is 0 Å². The second-order valence-electron chi connectivity index (χ2n) is 4.90. The molecule has 6 nitrogen and oxygen atoms in total. The normalized spacial score (nSPS) is 10.4. The van der Waals surface area contributed by atoms with Crippen LogP contribution in [0.4, 0.5) is 0 Å². The molecule has 0 aliphatic rings. The minimum Gasteiger partial charge on any atom is -0.454 e. The third kappa shape index (κ3) is 3.75. The van der Waals surface area contributed by atoms with E-state index in [9.17, 15) is 9.59 Å². The lowest BCUT2D eigenvalue weighted by Gasteiger charge is -2.06. The minimum absolute atomic E-state index is 0.260. The maximum absolute atomic E-state index is 12.0. The predicted molar refractivity (Wildman–Crippen MR) is 90.1 cm³/mol. The van der Waals surface area contributed by atoms with E-state index in [1.807, 2.05) is 6.07 Å². The van der Waals surface area contributed by atoms with Crippen LogP contribution in [0.3, 0.4) is 0 Å². The highest BCUT2D eigenvalue weighted by atomic mass is 79.9. The van der Waals surface area contributed by atoms with Crippen LogP contribution in [0.2, 0.25) is 0 Å². The molecule has 120 valence electrons. The van der Waals surface area contributed by atoms with Crippen molar-refractivity contribution in [2.24, 2.45) is 0 Å². The van der Waals surface area contributed by atoms with Crippen LogP contribution >= 0.6 is 15.9 Å². The van der Waals surface area contributed by atoms with Gasteiger partial charge in [0.1, 0.15) is 12.7 Å². The smallest absolute Gasteiger partial charge is 0.338 e. The quantitative estimate of drug-likeness (QED) is 0.498. The number of Topliss-reactive ketones (excluding diaryl/α,β-unsaturated/α-hetero) is 1. The van der Waals surface area contributed by atoms with Gasteiger partial charge in [-0.2, -0.15) is 5.10 Å². The van der Waals surface area contributed by atoms with Gasteiger partial charge in [-0.1, -0.05) is 28.1 Å². The van der Waals surface area contributed by atoms with Gasteiger partial charge in [0, 0.05) is 10.0 Å². The number of carbonyl (C=O) groups excluding carboxylic acids is 2. The molecule has 0 aliphatic heterocycles. The Bertz CT molecular complexity index is 861. The Morgan fingerprint density at radius 3 is 2.54 bits per heavy atom. The van der Waals surface area contributed by atoms with Crippen molar-refractivity contribution in [2.75, 3.05) is 6.61 Å². The van der Waals surface area contributed by atoms with Gasteiger partial charge in [-0.25, -0.2) is 14.5 Å². The van der Waals surface area contributed by atoms with Crippen molar-refractivity contribution in [1.82, 2.24) is 14.8 Å². The van der Waals surface area contributed by atoms with Crippen LogP contribution in [0.1, 0.15) is 20.7 Å². The summed E-state index contributed by atoms with van der Waals surface area (Å²) in [5, 5.41) is 4.00. The van der Waals surface area contributed by atoms with Crippen LogP contribution in [0.15, 0.2) is 65.7 Å². The fraction of sp³-hybridized carbons (Fsp3) is 0.0588. The van der Waals surface area contributed by atoms with Crippen LogP contribution in [-0.2, 0) is 4.74 Å². The number of esters is 1. The van der Waals surface area contributed by atoms with Gasteiger partial charge in [0.05, 0.1) is 11.3 Å². The first-order valence-corrected chi connectivity index (χ1v) is 7.84. The Balaban J connectivity index is 1.62. The molecular weight excluding hydrogens is 374 g/mol. The summed E-state index contributed by atoms with van der Waals surface area (Å²) in [5.41, 5.74) is 1.62. The average Bonchev–Trinajstić information content (AvgIpc) is 3.14. The highest BCUT2D eigenvalue weighted by Gasteiger charge is 2.12. The topological polar surface area (TPSA) is 74.1 Å². The van der Waals surface area contributed by atoms with Gasteiger partial charge >= 0.3 is 5.97 Å². The van der Waals surface area contributed by atoms with Crippen molar-refractivity contribution in [3.63, 3.8) is 0 Å². The van der Waals surface area contributed by atoms with E-state index >= 15 is 0 Å². The Morgan fingerprint density at radius 1 is 1.08 bits per heavy atom. The van der Waals surface area contributed by atoms with E-state index in [2.05, 4.69) is 26.0 Å². The van der Waals surface area contributed by atoms with Crippen molar-refractivity contribution >= 4 is 27.7 Å². The number of hydrogen-bond donors (Lipinski definition) is 0. The van der Waals surface area contributed by atoms with Gasteiger partial charge in [-0.15, -0.1) is 0 Å². The van der Waals surface area contributed by atoms with Gasteiger partial charge in [0.15, 0.2) is 12.4 Å². The molecule has 0 amide bonds. The number of benzene rings is 2. The first-order valence-electron chi connectivity index (χ1n) is 7.04. The summed E-state index contributed by atoms with van der Waals surface area (Å²) in [7, 11) is 0. The molecule has 0 bridgehead atoms. The van der Waals surface area contributed by atoms with Crippen LogP contribution in [0.5, 0.6) is 0 Å². The van der Waals surface area contributed by atoms with Gasteiger partial charge in [0.2, 0.25) is 0 Å². The maximum atomic E-state index is 12.0. The number of ketones is 1. The SMILES string of the molecule is O=C(COC(=O)c1ccc(-n2cncn2)cc1)c1cccc(Br)c1. The molecule has 0 atom stereocenters. The van der Waals surface area contributed by atoms with Gasteiger partial charge in [-0.3, -0.25) is 4.79 Å². The lowest BCUT2D eigenvalue weighted by atomic mass is 10.1. The number of aromatic nitrogens is 3.